The van der Waals surface area contributed by atoms with Crippen molar-refractivity contribution in [2.45, 2.75) is 6.54 Å². The molecule has 0 bridgehead atoms. The third kappa shape index (κ3) is 3.71. The standard InChI is InChI=1S/C17H15N3OS/c21-16(19-12-13-5-2-1-3-6-13)14-7-4-8-15(11-14)20-17-18-9-10-22-17/h1-11H,12H2,(H,18,20)(H,19,21). The summed E-state index contributed by atoms with van der Waals surface area (Å²) in [6.07, 6.45) is 1.74. The van der Waals surface area contributed by atoms with E-state index in [0.29, 0.717) is 12.1 Å². The zero-order chi connectivity index (χ0) is 15.2. The van der Waals surface area contributed by atoms with Gasteiger partial charge in [0.1, 0.15) is 0 Å². The molecular formula is C17H15N3OS. The molecule has 110 valence electrons. The summed E-state index contributed by atoms with van der Waals surface area (Å²) < 4.78 is 0. The Morgan fingerprint density at radius 1 is 1.09 bits per heavy atom. The molecule has 3 aromatic rings. The van der Waals surface area contributed by atoms with Crippen molar-refractivity contribution in [3.8, 4) is 0 Å². The first kappa shape index (κ1) is 14.3. The van der Waals surface area contributed by atoms with Crippen molar-refractivity contribution in [3.63, 3.8) is 0 Å². The van der Waals surface area contributed by atoms with Crippen LogP contribution in [0, 0.1) is 0 Å². The molecule has 0 saturated carbocycles. The quantitative estimate of drug-likeness (QED) is 0.753. The van der Waals surface area contributed by atoms with Crippen molar-refractivity contribution in [2.24, 2.45) is 0 Å². The van der Waals surface area contributed by atoms with Gasteiger partial charge in [-0.15, -0.1) is 11.3 Å². The second kappa shape index (κ2) is 6.87. The van der Waals surface area contributed by atoms with Gasteiger partial charge in [0.25, 0.3) is 5.91 Å². The topological polar surface area (TPSA) is 54.0 Å². The molecule has 0 unspecified atom stereocenters. The Morgan fingerprint density at radius 2 is 1.95 bits per heavy atom. The van der Waals surface area contributed by atoms with Gasteiger partial charge in [-0.25, -0.2) is 4.98 Å². The maximum absolute atomic E-state index is 12.2. The van der Waals surface area contributed by atoms with Crippen molar-refractivity contribution in [2.75, 3.05) is 5.32 Å². The van der Waals surface area contributed by atoms with Crippen LogP contribution in [0.15, 0.2) is 66.2 Å². The highest BCUT2D eigenvalue weighted by molar-refractivity contribution is 7.13. The zero-order valence-corrected chi connectivity index (χ0v) is 12.6. The first-order valence-electron chi connectivity index (χ1n) is 6.90. The van der Waals surface area contributed by atoms with Crippen LogP contribution in [0.4, 0.5) is 10.8 Å². The van der Waals surface area contributed by atoms with Gasteiger partial charge in [0.15, 0.2) is 5.13 Å². The summed E-state index contributed by atoms with van der Waals surface area (Å²) in [6, 6.07) is 17.2. The Morgan fingerprint density at radius 3 is 2.73 bits per heavy atom. The average molecular weight is 309 g/mol. The fraction of sp³-hybridized carbons (Fsp3) is 0.0588. The number of aromatic nitrogens is 1. The monoisotopic (exact) mass is 309 g/mol. The number of carbonyl (C=O) groups excluding carboxylic acids is 1. The lowest BCUT2D eigenvalue weighted by atomic mass is 10.1. The molecule has 0 saturated heterocycles. The summed E-state index contributed by atoms with van der Waals surface area (Å²) in [5, 5.41) is 8.81. The summed E-state index contributed by atoms with van der Waals surface area (Å²) in [5.41, 5.74) is 2.55. The van der Waals surface area contributed by atoms with Crippen LogP contribution in [0.2, 0.25) is 0 Å². The molecule has 5 heteroatoms. The first-order chi connectivity index (χ1) is 10.8. The summed E-state index contributed by atoms with van der Waals surface area (Å²) in [5.74, 6) is -0.0911. The molecule has 0 aliphatic heterocycles. The van der Waals surface area contributed by atoms with Crippen LogP contribution < -0.4 is 10.6 Å². The Balaban J connectivity index is 1.65. The molecule has 1 amide bonds. The summed E-state index contributed by atoms with van der Waals surface area (Å²) in [6.45, 7) is 0.518. The molecule has 4 nitrogen and oxygen atoms in total. The van der Waals surface area contributed by atoms with Gasteiger partial charge < -0.3 is 10.6 Å². The van der Waals surface area contributed by atoms with Crippen molar-refractivity contribution in [3.05, 3.63) is 77.3 Å². The van der Waals surface area contributed by atoms with Crippen molar-refractivity contribution < 1.29 is 4.79 Å². The lowest BCUT2D eigenvalue weighted by Crippen LogP contribution is -2.22. The minimum absolute atomic E-state index is 0.0911. The van der Waals surface area contributed by atoms with E-state index in [2.05, 4.69) is 15.6 Å². The van der Waals surface area contributed by atoms with Gasteiger partial charge in [-0.1, -0.05) is 36.4 Å². The van der Waals surface area contributed by atoms with Gasteiger partial charge in [-0.3, -0.25) is 4.79 Å². The normalized spacial score (nSPS) is 10.2. The van der Waals surface area contributed by atoms with Crippen LogP contribution in [0.25, 0.3) is 0 Å². The highest BCUT2D eigenvalue weighted by Gasteiger charge is 2.06. The molecule has 0 aliphatic carbocycles. The largest absolute Gasteiger partial charge is 0.348 e. The van der Waals surface area contributed by atoms with E-state index >= 15 is 0 Å². The van der Waals surface area contributed by atoms with Crippen molar-refractivity contribution in [1.82, 2.24) is 10.3 Å². The molecular weight excluding hydrogens is 294 g/mol. The minimum atomic E-state index is -0.0911. The fourth-order valence-corrected chi connectivity index (χ4v) is 2.58. The predicted octanol–water partition coefficient (Wildman–Crippen LogP) is 3.82. The lowest BCUT2D eigenvalue weighted by Gasteiger charge is -2.07. The molecule has 1 heterocycles. The van der Waals surface area contributed by atoms with Crippen LogP contribution >= 0.6 is 11.3 Å². The van der Waals surface area contributed by atoms with Crippen LogP contribution in [0.1, 0.15) is 15.9 Å². The molecule has 0 aliphatic rings. The van der Waals surface area contributed by atoms with Crippen LogP contribution in [-0.2, 0) is 6.54 Å². The van der Waals surface area contributed by atoms with E-state index in [1.807, 2.05) is 53.9 Å². The number of benzene rings is 2. The van der Waals surface area contributed by atoms with E-state index in [9.17, 15) is 4.79 Å². The highest BCUT2D eigenvalue weighted by Crippen LogP contribution is 2.19. The highest BCUT2D eigenvalue weighted by atomic mass is 32.1. The third-order valence-corrected chi connectivity index (χ3v) is 3.79. The molecule has 1 aromatic heterocycles. The Kier molecular flexibility index (Phi) is 4.46. The Labute approximate surface area is 132 Å². The maximum Gasteiger partial charge on any atom is 0.251 e. The number of amides is 1. The molecule has 0 radical (unpaired) electrons. The fourth-order valence-electron chi connectivity index (χ4n) is 2.03. The van der Waals surface area contributed by atoms with E-state index in [1.165, 1.54) is 11.3 Å². The lowest BCUT2D eigenvalue weighted by molar-refractivity contribution is 0.0951. The number of rotatable bonds is 5. The number of nitrogens with zero attached hydrogens (tertiary/aromatic N) is 1. The molecule has 0 fully saturated rings. The molecule has 2 aromatic carbocycles. The smallest absolute Gasteiger partial charge is 0.251 e. The summed E-state index contributed by atoms with van der Waals surface area (Å²) >= 11 is 1.52. The number of nitrogens with one attached hydrogen (secondary N) is 2. The maximum atomic E-state index is 12.2. The molecule has 2 N–H and O–H groups in total. The second-order valence-corrected chi connectivity index (χ2v) is 5.61. The second-order valence-electron chi connectivity index (χ2n) is 4.71. The number of thiazole rings is 1. The summed E-state index contributed by atoms with van der Waals surface area (Å²) in [4.78, 5) is 16.4. The van der Waals surface area contributed by atoms with Gasteiger partial charge >= 0.3 is 0 Å². The van der Waals surface area contributed by atoms with Crippen molar-refractivity contribution in [1.29, 1.82) is 0 Å². The number of carbonyl (C=O) groups is 1. The first-order valence-corrected chi connectivity index (χ1v) is 7.78. The average Bonchev–Trinajstić information content (AvgIpc) is 3.07. The van der Waals surface area contributed by atoms with Crippen molar-refractivity contribution >= 4 is 28.1 Å². The van der Waals surface area contributed by atoms with Gasteiger partial charge in [-0.05, 0) is 23.8 Å². The van der Waals surface area contributed by atoms with Gasteiger partial charge in [0.2, 0.25) is 0 Å². The molecule has 3 rings (SSSR count). The Bertz CT molecular complexity index is 742. The predicted molar refractivity (Wildman–Crippen MR) is 89.5 cm³/mol. The molecule has 0 spiro atoms. The van der Waals surface area contributed by atoms with Gasteiger partial charge in [0, 0.05) is 29.4 Å². The van der Waals surface area contributed by atoms with Crippen LogP contribution in [-0.4, -0.2) is 10.9 Å². The van der Waals surface area contributed by atoms with E-state index in [4.69, 9.17) is 0 Å². The van der Waals surface area contributed by atoms with Gasteiger partial charge in [-0.2, -0.15) is 0 Å². The van der Waals surface area contributed by atoms with E-state index in [0.717, 1.165) is 16.4 Å². The van der Waals surface area contributed by atoms with E-state index in [1.54, 1.807) is 12.3 Å². The van der Waals surface area contributed by atoms with Crippen LogP contribution in [0.3, 0.4) is 0 Å². The zero-order valence-electron chi connectivity index (χ0n) is 11.8. The summed E-state index contributed by atoms with van der Waals surface area (Å²) in [7, 11) is 0. The number of hydrogen-bond donors (Lipinski definition) is 2. The minimum Gasteiger partial charge on any atom is -0.348 e. The Hall–Kier alpha value is -2.66. The number of hydrogen-bond acceptors (Lipinski definition) is 4. The number of anilines is 2. The SMILES string of the molecule is O=C(NCc1ccccc1)c1cccc(Nc2nccs2)c1. The van der Waals surface area contributed by atoms with E-state index in [-0.39, 0.29) is 5.91 Å². The van der Waals surface area contributed by atoms with Crippen LogP contribution in [0.5, 0.6) is 0 Å². The van der Waals surface area contributed by atoms with E-state index < -0.39 is 0 Å². The molecule has 22 heavy (non-hydrogen) atoms. The molecule has 0 atom stereocenters. The third-order valence-electron chi connectivity index (χ3n) is 3.10. The van der Waals surface area contributed by atoms with Gasteiger partial charge in [0.05, 0.1) is 0 Å².